The van der Waals surface area contributed by atoms with E-state index in [9.17, 15) is 0 Å². The number of hydrogen-bond acceptors (Lipinski definition) is 3. The molecule has 0 unspecified atom stereocenters. The molecule has 3 nitrogen and oxygen atoms in total. The summed E-state index contributed by atoms with van der Waals surface area (Å²) in [5, 5.41) is 0.800. The smallest absolute Gasteiger partial charge is 0.0426 e. The Morgan fingerprint density at radius 1 is 0.952 bits per heavy atom. The van der Waals surface area contributed by atoms with Crippen molar-refractivity contribution in [2.24, 2.45) is 0 Å². The highest BCUT2D eigenvalue weighted by Gasteiger charge is 2.18. The van der Waals surface area contributed by atoms with Crippen molar-refractivity contribution in [1.29, 1.82) is 0 Å². The number of nitrogen functional groups attached to an aromatic ring is 1. The van der Waals surface area contributed by atoms with Crippen molar-refractivity contribution in [2.75, 3.05) is 41.7 Å². The van der Waals surface area contributed by atoms with Gasteiger partial charge in [0.2, 0.25) is 0 Å². The van der Waals surface area contributed by atoms with Crippen molar-refractivity contribution in [3.8, 4) is 0 Å². The predicted molar refractivity (Wildman–Crippen MR) is 91.5 cm³/mol. The van der Waals surface area contributed by atoms with E-state index in [4.69, 9.17) is 17.3 Å². The third kappa shape index (κ3) is 3.08. The third-order valence-electron chi connectivity index (χ3n) is 4.03. The molecule has 0 spiro atoms. The van der Waals surface area contributed by atoms with E-state index in [1.807, 2.05) is 24.3 Å². The first-order chi connectivity index (χ1) is 10.1. The summed E-state index contributed by atoms with van der Waals surface area (Å²) in [4.78, 5) is 4.79. The predicted octanol–water partition coefficient (Wildman–Crippen LogP) is 3.56. The van der Waals surface area contributed by atoms with Crippen LogP contribution in [0.25, 0.3) is 0 Å². The largest absolute Gasteiger partial charge is 0.399 e. The van der Waals surface area contributed by atoms with Gasteiger partial charge in [0.15, 0.2) is 0 Å². The Labute approximate surface area is 130 Å². The maximum atomic E-state index is 6.13. The summed E-state index contributed by atoms with van der Waals surface area (Å²) in [6.45, 7) is 6.12. The summed E-state index contributed by atoms with van der Waals surface area (Å²) in [6, 6.07) is 14.2. The SMILES string of the molecule is Cc1ccc(Cl)cc1N1CCN(c2cccc(N)c2)CC1. The zero-order valence-corrected chi connectivity index (χ0v) is 13.0. The standard InChI is InChI=1S/C17H20ClN3/c1-13-5-6-14(18)11-17(13)21-9-7-20(8-10-21)16-4-2-3-15(19)12-16/h2-6,11-12H,7-10,19H2,1H3. The van der Waals surface area contributed by atoms with Gasteiger partial charge in [-0.3, -0.25) is 0 Å². The van der Waals surface area contributed by atoms with Gasteiger partial charge in [-0.2, -0.15) is 0 Å². The van der Waals surface area contributed by atoms with Gasteiger partial charge >= 0.3 is 0 Å². The van der Waals surface area contributed by atoms with E-state index in [0.29, 0.717) is 0 Å². The number of nitrogens with zero attached hydrogens (tertiary/aromatic N) is 2. The van der Waals surface area contributed by atoms with Gasteiger partial charge in [0, 0.05) is 48.3 Å². The van der Waals surface area contributed by atoms with Crippen molar-refractivity contribution < 1.29 is 0 Å². The molecule has 21 heavy (non-hydrogen) atoms. The minimum atomic E-state index is 0.800. The fourth-order valence-corrected chi connectivity index (χ4v) is 3.02. The monoisotopic (exact) mass is 301 g/mol. The van der Waals surface area contributed by atoms with Crippen LogP contribution in [-0.4, -0.2) is 26.2 Å². The molecule has 0 radical (unpaired) electrons. The number of rotatable bonds is 2. The third-order valence-corrected chi connectivity index (χ3v) is 4.26. The molecular weight excluding hydrogens is 282 g/mol. The number of aryl methyl sites for hydroxylation is 1. The summed E-state index contributed by atoms with van der Waals surface area (Å²) in [5.74, 6) is 0. The first-order valence-electron chi connectivity index (χ1n) is 7.25. The number of halogens is 1. The Hall–Kier alpha value is -1.87. The molecule has 0 atom stereocenters. The lowest BCUT2D eigenvalue weighted by Gasteiger charge is -2.38. The summed E-state index contributed by atoms with van der Waals surface area (Å²) in [7, 11) is 0. The molecule has 2 aromatic carbocycles. The summed E-state index contributed by atoms with van der Waals surface area (Å²) < 4.78 is 0. The van der Waals surface area contributed by atoms with E-state index in [1.54, 1.807) is 0 Å². The van der Waals surface area contributed by atoms with Crippen LogP contribution in [0.5, 0.6) is 0 Å². The molecule has 2 N–H and O–H groups in total. The zero-order valence-electron chi connectivity index (χ0n) is 12.2. The molecule has 1 fully saturated rings. The maximum absolute atomic E-state index is 6.13. The second-order valence-electron chi connectivity index (χ2n) is 5.50. The average molecular weight is 302 g/mol. The number of nitrogens with two attached hydrogens (primary N) is 1. The van der Waals surface area contributed by atoms with Crippen LogP contribution in [0, 0.1) is 6.92 Å². The molecule has 1 saturated heterocycles. The molecule has 0 saturated carbocycles. The lowest BCUT2D eigenvalue weighted by molar-refractivity contribution is 0.652. The van der Waals surface area contributed by atoms with Crippen LogP contribution in [0.4, 0.5) is 17.1 Å². The highest BCUT2D eigenvalue weighted by molar-refractivity contribution is 6.30. The summed E-state index contributed by atoms with van der Waals surface area (Å²) in [6.07, 6.45) is 0. The molecule has 0 aliphatic carbocycles. The molecule has 3 rings (SSSR count). The second-order valence-corrected chi connectivity index (χ2v) is 5.94. The van der Waals surface area contributed by atoms with Crippen molar-refractivity contribution in [3.05, 3.63) is 53.1 Å². The molecule has 1 aliphatic heterocycles. The molecule has 1 heterocycles. The van der Waals surface area contributed by atoms with Gasteiger partial charge in [0.1, 0.15) is 0 Å². The van der Waals surface area contributed by atoms with Gasteiger partial charge in [0.25, 0.3) is 0 Å². The average Bonchev–Trinajstić information content (AvgIpc) is 2.50. The van der Waals surface area contributed by atoms with Gasteiger partial charge in [-0.25, -0.2) is 0 Å². The van der Waals surface area contributed by atoms with E-state index in [1.165, 1.54) is 16.9 Å². The lowest BCUT2D eigenvalue weighted by Crippen LogP contribution is -2.46. The Morgan fingerprint density at radius 2 is 1.67 bits per heavy atom. The van der Waals surface area contributed by atoms with Crippen molar-refractivity contribution in [2.45, 2.75) is 6.92 Å². The highest BCUT2D eigenvalue weighted by atomic mass is 35.5. The Bertz CT molecular complexity index is 634. The highest BCUT2D eigenvalue weighted by Crippen LogP contribution is 2.26. The molecule has 1 aliphatic rings. The number of piperazine rings is 1. The zero-order chi connectivity index (χ0) is 14.8. The van der Waals surface area contributed by atoms with E-state index in [-0.39, 0.29) is 0 Å². The fraction of sp³-hybridized carbons (Fsp3) is 0.294. The second kappa shape index (κ2) is 5.86. The fourth-order valence-electron chi connectivity index (χ4n) is 2.85. The first-order valence-corrected chi connectivity index (χ1v) is 7.63. The van der Waals surface area contributed by atoms with Crippen molar-refractivity contribution in [1.82, 2.24) is 0 Å². The molecule has 0 amide bonds. The topological polar surface area (TPSA) is 32.5 Å². The number of hydrogen-bond donors (Lipinski definition) is 1. The van der Waals surface area contributed by atoms with Crippen LogP contribution in [0.3, 0.4) is 0 Å². The van der Waals surface area contributed by atoms with Crippen LogP contribution in [-0.2, 0) is 0 Å². The molecule has 0 bridgehead atoms. The van der Waals surface area contributed by atoms with E-state index < -0.39 is 0 Å². The molecular formula is C17H20ClN3. The normalized spacial score (nSPS) is 15.3. The van der Waals surface area contributed by atoms with Gasteiger partial charge in [-0.1, -0.05) is 23.7 Å². The molecule has 110 valence electrons. The first kappa shape index (κ1) is 14.1. The van der Waals surface area contributed by atoms with Crippen LogP contribution in [0.1, 0.15) is 5.56 Å². The molecule has 4 heteroatoms. The van der Waals surface area contributed by atoms with Gasteiger partial charge in [-0.05, 0) is 42.8 Å². The molecule has 2 aromatic rings. The van der Waals surface area contributed by atoms with Crippen molar-refractivity contribution in [3.63, 3.8) is 0 Å². The van der Waals surface area contributed by atoms with Gasteiger partial charge < -0.3 is 15.5 Å². The van der Waals surface area contributed by atoms with E-state index in [2.05, 4.69) is 34.9 Å². The Balaban J connectivity index is 1.72. The number of benzene rings is 2. The minimum absolute atomic E-state index is 0.800. The van der Waals surface area contributed by atoms with Gasteiger partial charge in [-0.15, -0.1) is 0 Å². The number of anilines is 3. The van der Waals surface area contributed by atoms with Crippen molar-refractivity contribution >= 4 is 28.7 Å². The maximum Gasteiger partial charge on any atom is 0.0426 e. The Kier molecular flexibility index (Phi) is 3.93. The van der Waals surface area contributed by atoms with Crippen LogP contribution in [0.15, 0.2) is 42.5 Å². The molecule has 0 aromatic heterocycles. The Morgan fingerprint density at radius 3 is 2.38 bits per heavy atom. The lowest BCUT2D eigenvalue weighted by atomic mass is 10.1. The van der Waals surface area contributed by atoms with Crippen LogP contribution < -0.4 is 15.5 Å². The minimum Gasteiger partial charge on any atom is -0.399 e. The quantitative estimate of drug-likeness (QED) is 0.861. The van der Waals surface area contributed by atoms with Crippen LogP contribution in [0.2, 0.25) is 5.02 Å². The van der Waals surface area contributed by atoms with Gasteiger partial charge in [0.05, 0.1) is 0 Å². The summed E-state index contributed by atoms with van der Waals surface area (Å²) in [5.41, 5.74) is 10.4. The van der Waals surface area contributed by atoms with E-state index in [0.717, 1.165) is 36.9 Å². The summed E-state index contributed by atoms with van der Waals surface area (Å²) >= 11 is 6.13. The van der Waals surface area contributed by atoms with E-state index >= 15 is 0 Å². The van der Waals surface area contributed by atoms with Crippen LogP contribution >= 0.6 is 11.6 Å².